The van der Waals surface area contributed by atoms with Crippen LogP contribution in [0.15, 0.2) is 35.6 Å². The van der Waals surface area contributed by atoms with Gasteiger partial charge in [-0.25, -0.2) is 4.52 Å². The molecule has 0 unspecified atom stereocenters. The zero-order valence-corrected chi connectivity index (χ0v) is 19.9. The van der Waals surface area contributed by atoms with E-state index in [1.165, 1.54) is 11.3 Å². The third-order valence-corrected chi connectivity index (χ3v) is 7.61. The minimum atomic E-state index is -0.261. The lowest BCUT2D eigenvalue weighted by molar-refractivity contribution is -0.117. The van der Waals surface area contributed by atoms with E-state index < -0.39 is 0 Å². The summed E-state index contributed by atoms with van der Waals surface area (Å²) >= 11 is 1.44. The largest absolute Gasteiger partial charge is 0.394 e. The molecule has 12 heteroatoms. The van der Waals surface area contributed by atoms with E-state index in [2.05, 4.69) is 37.3 Å². The maximum Gasteiger partial charge on any atom is 0.261 e. The number of aromatic amines is 1. The number of H-pyrrole nitrogens is 1. The van der Waals surface area contributed by atoms with Crippen molar-refractivity contribution in [3.8, 4) is 10.4 Å². The molecule has 1 fully saturated rings. The van der Waals surface area contributed by atoms with Crippen LogP contribution in [0.5, 0.6) is 0 Å². The average molecular weight is 493 g/mol. The molecular formula is C23H24N8O3S. The molecular weight excluding hydrogens is 468 g/mol. The van der Waals surface area contributed by atoms with Crippen molar-refractivity contribution in [2.75, 3.05) is 25.0 Å². The van der Waals surface area contributed by atoms with Gasteiger partial charge >= 0.3 is 0 Å². The fourth-order valence-electron chi connectivity index (χ4n) is 4.68. The second-order valence-corrected chi connectivity index (χ2v) is 9.90. The lowest BCUT2D eigenvalue weighted by Gasteiger charge is -2.20. The number of nitrogens with one attached hydrogen (secondary N) is 2. The summed E-state index contributed by atoms with van der Waals surface area (Å²) in [6.45, 7) is 3.84. The highest BCUT2D eigenvalue weighted by molar-refractivity contribution is 7.21. The standard InChI is InChI=1S/C23H24N8O3S/c1-13-3-2-4-29(13)12-18(33)26-15-7-16-20(24-9-15)21-19(22(34)27-16)23-31(28-21)11-17(35-23)14-8-25-30(10-14)5-6-32/h7-11,13,32H,2-6,12H2,1H3,(H,26,33)(H,27,34)/t13-/m0/s1. The molecule has 1 atom stereocenters. The topological polar surface area (TPSA) is 133 Å². The van der Waals surface area contributed by atoms with Crippen LogP contribution in [0.1, 0.15) is 19.8 Å². The average Bonchev–Trinajstić information content (AvgIpc) is 3.58. The number of aliphatic hydroxyl groups is 1. The number of hydrogen-bond acceptors (Lipinski definition) is 8. The number of aliphatic hydroxyl groups excluding tert-OH is 1. The van der Waals surface area contributed by atoms with Crippen molar-refractivity contribution in [2.45, 2.75) is 32.4 Å². The van der Waals surface area contributed by atoms with Gasteiger partial charge in [0.1, 0.15) is 21.3 Å². The first-order valence-electron chi connectivity index (χ1n) is 11.5. The molecule has 1 aliphatic rings. The summed E-state index contributed by atoms with van der Waals surface area (Å²) in [5.41, 5.74) is 2.77. The van der Waals surface area contributed by atoms with Gasteiger partial charge in [0, 0.05) is 24.0 Å². The predicted molar refractivity (Wildman–Crippen MR) is 134 cm³/mol. The minimum Gasteiger partial charge on any atom is -0.394 e. The summed E-state index contributed by atoms with van der Waals surface area (Å²) < 4.78 is 3.36. The smallest absolute Gasteiger partial charge is 0.261 e. The Kier molecular flexibility index (Phi) is 5.35. The molecule has 1 amide bonds. The van der Waals surface area contributed by atoms with Gasteiger partial charge in [-0.3, -0.25) is 24.2 Å². The van der Waals surface area contributed by atoms with E-state index in [-0.39, 0.29) is 18.1 Å². The van der Waals surface area contributed by atoms with Crippen molar-refractivity contribution in [1.29, 1.82) is 0 Å². The summed E-state index contributed by atoms with van der Waals surface area (Å²) in [6, 6.07) is 2.13. The van der Waals surface area contributed by atoms with Gasteiger partial charge in [0.25, 0.3) is 5.56 Å². The molecule has 0 saturated carbocycles. The number of rotatable bonds is 6. The summed E-state index contributed by atoms with van der Waals surface area (Å²) in [6.07, 6.45) is 9.26. The number of carbonyl (C=O) groups excluding carboxylic acids is 1. The van der Waals surface area contributed by atoms with Gasteiger partial charge in [-0.05, 0) is 32.4 Å². The molecule has 5 aromatic heterocycles. The monoisotopic (exact) mass is 492 g/mol. The van der Waals surface area contributed by atoms with E-state index in [0.717, 1.165) is 29.8 Å². The van der Waals surface area contributed by atoms with Crippen molar-refractivity contribution in [1.82, 2.24) is 34.3 Å². The second kappa shape index (κ2) is 8.56. The van der Waals surface area contributed by atoms with Gasteiger partial charge < -0.3 is 15.4 Å². The van der Waals surface area contributed by atoms with Crippen LogP contribution in [-0.2, 0) is 11.3 Å². The van der Waals surface area contributed by atoms with Crippen molar-refractivity contribution in [3.63, 3.8) is 0 Å². The number of anilines is 1. The van der Waals surface area contributed by atoms with Gasteiger partial charge in [-0.1, -0.05) is 0 Å². The maximum absolute atomic E-state index is 13.0. The number of carbonyl (C=O) groups is 1. The molecule has 180 valence electrons. The Labute approximate surface area is 203 Å². The molecule has 1 saturated heterocycles. The van der Waals surface area contributed by atoms with Crippen LogP contribution in [0.25, 0.3) is 37.2 Å². The van der Waals surface area contributed by atoms with E-state index >= 15 is 0 Å². The minimum absolute atomic E-state index is 0.0119. The summed E-state index contributed by atoms with van der Waals surface area (Å²) in [4.78, 5) is 36.8. The second-order valence-electron chi connectivity index (χ2n) is 8.87. The van der Waals surface area contributed by atoms with Gasteiger partial charge in [0.05, 0.1) is 48.2 Å². The summed E-state index contributed by atoms with van der Waals surface area (Å²) in [5.74, 6) is -0.0966. The van der Waals surface area contributed by atoms with Crippen LogP contribution < -0.4 is 10.9 Å². The number of likely N-dealkylation sites (tertiary alicyclic amines) is 1. The van der Waals surface area contributed by atoms with Crippen LogP contribution >= 0.6 is 11.3 Å². The molecule has 6 heterocycles. The number of nitrogens with zero attached hydrogens (tertiary/aromatic N) is 6. The highest BCUT2D eigenvalue weighted by Gasteiger charge is 2.23. The fourth-order valence-corrected chi connectivity index (χ4v) is 5.74. The van der Waals surface area contributed by atoms with Crippen molar-refractivity contribution < 1.29 is 9.90 Å². The number of fused-ring (bicyclic) bond motifs is 5. The zero-order valence-electron chi connectivity index (χ0n) is 19.1. The SMILES string of the molecule is C[C@H]1CCCN1CC(=O)Nc1cnc2c(c1)[nH]c(=O)c1c2nn2cc(-c3cnn(CCO)c3)sc12. The molecule has 0 aromatic carbocycles. The Bertz CT molecular complexity index is 1630. The lowest BCUT2D eigenvalue weighted by atomic mass is 10.2. The lowest BCUT2D eigenvalue weighted by Crippen LogP contribution is -2.35. The van der Waals surface area contributed by atoms with Crippen molar-refractivity contribution in [2.24, 2.45) is 0 Å². The number of aromatic nitrogens is 6. The van der Waals surface area contributed by atoms with E-state index in [0.29, 0.717) is 51.6 Å². The zero-order chi connectivity index (χ0) is 24.1. The van der Waals surface area contributed by atoms with E-state index in [1.807, 2.05) is 12.4 Å². The van der Waals surface area contributed by atoms with Crippen LogP contribution in [0.2, 0.25) is 0 Å². The summed E-state index contributed by atoms with van der Waals surface area (Å²) in [5, 5.41) is 21.4. The molecule has 0 spiro atoms. The molecule has 3 N–H and O–H groups in total. The Hall–Kier alpha value is -3.61. The van der Waals surface area contributed by atoms with Gasteiger partial charge in [-0.2, -0.15) is 10.2 Å². The fraction of sp³-hybridized carbons (Fsp3) is 0.348. The Morgan fingerprint density at radius 2 is 2.20 bits per heavy atom. The number of pyridine rings is 2. The Morgan fingerprint density at radius 3 is 3.00 bits per heavy atom. The first-order chi connectivity index (χ1) is 17.0. The molecule has 1 aliphatic heterocycles. The number of thiazole rings is 1. The highest BCUT2D eigenvalue weighted by atomic mass is 32.1. The highest BCUT2D eigenvalue weighted by Crippen LogP contribution is 2.33. The third kappa shape index (κ3) is 3.89. The first kappa shape index (κ1) is 21.9. The van der Waals surface area contributed by atoms with Gasteiger partial charge in [-0.15, -0.1) is 11.3 Å². The predicted octanol–water partition coefficient (Wildman–Crippen LogP) is 2.06. The Balaban J connectivity index is 1.32. The molecule has 0 radical (unpaired) electrons. The van der Waals surface area contributed by atoms with E-state index in [1.54, 1.807) is 27.7 Å². The van der Waals surface area contributed by atoms with Gasteiger partial charge in [0.15, 0.2) is 0 Å². The molecule has 0 bridgehead atoms. The molecule has 35 heavy (non-hydrogen) atoms. The normalized spacial score (nSPS) is 16.7. The number of hydrogen-bond donors (Lipinski definition) is 3. The van der Waals surface area contributed by atoms with Gasteiger partial charge in [0.2, 0.25) is 5.91 Å². The van der Waals surface area contributed by atoms with Crippen molar-refractivity contribution >= 4 is 49.7 Å². The quantitative estimate of drug-likeness (QED) is 0.330. The van der Waals surface area contributed by atoms with Crippen LogP contribution in [0.4, 0.5) is 5.69 Å². The van der Waals surface area contributed by atoms with Crippen LogP contribution in [0.3, 0.4) is 0 Å². The first-order valence-corrected chi connectivity index (χ1v) is 12.3. The third-order valence-electron chi connectivity index (χ3n) is 6.47. The van der Waals surface area contributed by atoms with Crippen LogP contribution in [-0.4, -0.2) is 71.0 Å². The maximum atomic E-state index is 13.0. The Morgan fingerprint density at radius 1 is 1.31 bits per heavy atom. The number of amides is 1. The molecule has 0 aliphatic carbocycles. The molecule has 6 rings (SSSR count). The molecule has 11 nitrogen and oxygen atoms in total. The summed E-state index contributed by atoms with van der Waals surface area (Å²) in [7, 11) is 0. The van der Waals surface area contributed by atoms with E-state index in [4.69, 9.17) is 5.11 Å². The van der Waals surface area contributed by atoms with Crippen molar-refractivity contribution in [3.05, 3.63) is 41.2 Å². The van der Waals surface area contributed by atoms with Crippen LogP contribution in [0, 0.1) is 0 Å². The molecule has 5 aromatic rings. The van der Waals surface area contributed by atoms with E-state index in [9.17, 15) is 9.59 Å².